The van der Waals surface area contributed by atoms with E-state index in [0.717, 1.165) is 9.75 Å². The second kappa shape index (κ2) is 4.70. The van der Waals surface area contributed by atoms with Crippen LogP contribution in [0.1, 0.15) is 20.1 Å². The van der Waals surface area contributed by atoms with E-state index < -0.39 is 12.0 Å². The van der Waals surface area contributed by atoms with Crippen LogP contribution in [0.5, 0.6) is 0 Å². The molecule has 0 spiro atoms. The highest BCUT2D eigenvalue weighted by molar-refractivity contribution is 7.99. The molecule has 1 amide bonds. The van der Waals surface area contributed by atoms with E-state index in [4.69, 9.17) is 5.11 Å². The average molecular weight is 271 g/mol. The maximum atomic E-state index is 12.3. The number of hydrogen-bond donors (Lipinski definition) is 1. The van der Waals surface area contributed by atoms with Gasteiger partial charge in [0, 0.05) is 15.5 Å². The molecule has 4 nitrogen and oxygen atoms in total. The van der Waals surface area contributed by atoms with Crippen molar-refractivity contribution in [2.45, 2.75) is 19.9 Å². The maximum absolute atomic E-state index is 12.3. The molecule has 0 saturated carbocycles. The fraction of sp³-hybridized carbons (Fsp3) is 0.455. The molecular weight excluding hydrogens is 258 g/mol. The van der Waals surface area contributed by atoms with E-state index >= 15 is 0 Å². The Bertz CT molecular complexity index is 469. The van der Waals surface area contributed by atoms with Crippen LogP contribution < -0.4 is 0 Å². The van der Waals surface area contributed by atoms with Gasteiger partial charge in [-0.3, -0.25) is 4.79 Å². The van der Waals surface area contributed by atoms with E-state index in [-0.39, 0.29) is 5.91 Å². The van der Waals surface area contributed by atoms with Crippen molar-refractivity contribution in [2.24, 2.45) is 0 Å². The fourth-order valence-corrected chi connectivity index (χ4v) is 3.91. The molecule has 17 heavy (non-hydrogen) atoms. The number of carboxylic acids is 1. The Morgan fingerprint density at radius 2 is 2.18 bits per heavy atom. The zero-order chi connectivity index (χ0) is 12.6. The van der Waals surface area contributed by atoms with Gasteiger partial charge in [-0.2, -0.15) is 0 Å². The number of thioether (sulfide) groups is 1. The van der Waals surface area contributed by atoms with E-state index in [1.54, 1.807) is 11.3 Å². The molecule has 2 rings (SSSR count). The summed E-state index contributed by atoms with van der Waals surface area (Å²) in [6, 6.07) is 1.15. The minimum absolute atomic E-state index is 0.163. The van der Waals surface area contributed by atoms with E-state index in [1.165, 1.54) is 16.7 Å². The van der Waals surface area contributed by atoms with Crippen LogP contribution in [0.4, 0.5) is 0 Å². The quantitative estimate of drug-likeness (QED) is 0.893. The molecule has 1 aliphatic rings. The van der Waals surface area contributed by atoms with Crippen molar-refractivity contribution in [3.05, 3.63) is 21.4 Å². The van der Waals surface area contributed by atoms with Crippen LogP contribution in [-0.2, 0) is 4.79 Å². The van der Waals surface area contributed by atoms with Gasteiger partial charge < -0.3 is 10.0 Å². The summed E-state index contributed by atoms with van der Waals surface area (Å²) in [4.78, 5) is 26.8. The zero-order valence-electron chi connectivity index (χ0n) is 9.60. The summed E-state index contributed by atoms with van der Waals surface area (Å²) < 4.78 is 0. The van der Waals surface area contributed by atoms with Gasteiger partial charge in [0.15, 0.2) is 0 Å². The Morgan fingerprint density at radius 3 is 2.71 bits per heavy atom. The first-order valence-corrected chi connectivity index (χ1v) is 7.16. The first kappa shape index (κ1) is 12.4. The molecule has 1 atom stereocenters. The van der Waals surface area contributed by atoms with Crippen LogP contribution in [0.25, 0.3) is 0 Å². The molecule has 1 aromatic heterocycles. The minimum atomic E-state index is -0.923. The molecule has 0 radical (unpaired) electrons. The predicted octanol–water partition coefficient (Wildman–Crippen LogP) is 1.96. The molecule has 1 fully saturated rings. The Hall–Kier alpha value is -1.01. The molecule has 6 heteroatoms. The third-order valence-corrected chi connectivity index (χ3v) is 4.68. The first-order chi connectivity index (χ1) is 8.00. The fourth-order valence-electron chi connectivity index (χ4n) is 1.85. The lowest BCUT2D eigenvalue weighted by molar-refractivity contribution is -0.140. The smallest absolute Gasteiger partial charge is 0.327 e. The number of aryl methyl sites for hydroxylation is 2. The summed E-state index contributed by atoms with van der Waals surface area (Å²) >= 11 is 3.05. The molecule has 0 unspecified atom stereocenters. The van der Waals surface area contributed by atoms with Crippen LogP contribution in [-0.4, -0.2) is 39.6 Å². The Balaban J connectivity index is 2.25. The van der Waals surface area contributed by atoms with E-state index in [0.29, 0.717) is 17.2 Å². The average Bonchev–Trinajstić information content (AvgIpc) is 2.83. The summed E-state index contributed by atoms with van der Waals surface area (Å²) in [6.07, 6.45) is 0. The van der Waals surface area contributed by atoms with Crippen LogP contribution in [0, 0.1) is 13.8 Å². The lowest BCUT2D eigenvalue weighted by atomic mass is 10.2. The minimum Gasteiger partial charge on any atom is -0.480 e. The second-order valence-electron chi connectivity index (χ2n) is 3.96. The van der Waals surface area contributed by atoms with Crippen molar-refractivity contribution in [1.29, 1.82) is 0 Å². The third-order valence-electron chi connectivity index (χ3n) is 2.70. The highest BCUT2D eigenvalue weighted by Crippen LogP contribution is 2.27. The van der Waals surface area contributed by atoms with Crippen LogP contribution >= 0.6 is 23.1 Å². The third kappa shape index (κ3) is 2.32. The molecular formula is C11H13NO3S2. The normalized spacial score (nSPS) is 19.6. The van der Waals surface area contributed by atoms with E-state index in [1.807, 2.05) is 19.9 Å². The van der Waals surface area contributed by atoms with Crippen LogP contribution in [0.3, 0.4) is 0 Å². The Labute approximate surface area is 108 Å². The molecule has 2 heterocycles. The number of rotatable bonds is 2. The standard InChI is InChI=1S/C11H13NO3S2/c1-6-3-8(7(2)17-6)10(13)12-5-16-4-9(12)11(14)15/h3,9H,4-5H2,1-2H3,(H,14,15)/t9-/m0/s1. The molecule has 0 aliphatic carbocycles. The highest BCUT2D eigenvalue weighted by Gasteiger charge is 2.35. The lowest BCUT2D eigenvalue weighted by Crippen LogP contribution is -2.41. The van der Waals surface area contributed by atoms with E-state index in [2.05, 4.69) is 0 Å². The van der Waals surface area contributed by atoms with Gasteiger partial charge in [0.2, 0.25) is 0 Å². The summed E-state index contributed by atoms with van der Waals surface area (Å²) in [5, 5.41) is 9.05. The van der Waals surface area contributed by atoms with E-state index in [9.17, 15) is 9.59 Å². The summed E-state index contributed by atoms with van der Waals surface area (Å²) in [5.41, 5.74) is 0.640. The SMILES string of the molecule is Cc1cc(C(=O)N2CSC[C@H]2C(=O)O)c(C)s1. The van der Waals surface area contributed by atoms with Gasteiger partial charge in [-0.1, -0.05) is 0 Å². The number of carbonyl (C=O) groups is 2. The number of nitrogens with zero attached hydrogens (tertiary/aromatic N) is 1. The van der Waals surface area contributed by atoms with Crippen molar-refractivity contribution >= 4 is 35.0 Å². The topological polar surface area (TPSA) is 57.6 Å². The van der Waals surface area contributed by atoms with Crippen molar-refractivity contribution in [2.75, 3.05) is 11.6 Å². The molecule has 0 bridgehead atoms. The largest absolute Gasteiger partial charge is 0.480 e. The number of carboxylic acid groups (broad SMARTS) is 1. The van der Waals surface area contributed by atoms with Crippen LogP contribution in [0.2, 0.25) is 0 Å². The van der Waals surface area contributed by atoms with Gasteiger partial charge in [-0.25, -0.2) is 4.79 Å². The number of hydrogen-bond acceptors (Lipinski definition) is 4. The summed E-state index contributed by atoms with van der Waals surface area (Å²) in [6.45, 7) is 3.84. The Kier molecular flexibility index (Phi) is 3.44. The predicted molar refractivity (Wildman–Crippen MR) is 68.7 cm³/mol. The monoisotopic (exact) mass is 271 g/mol. The van der Waals surface area contributed by atoms with Gasteiger partial charge in [0.1, 0.15) is 6.04 Å². The lowest BCUT2D eigenvalue weighted by Gasteiger charge is -2.20. The summed E-state index contributed by atoms with van der Waals surface area (Å²) in [7, 11) is 0. The molecule has 1 aliphatic heterocycles. The van der Waals surface area contributed by atoms with Crippen molar-refractivity contribution < 1.29 is 14.7 Å². The molecule has 92 valence electrons. The maximum Gasteiger partial charge on any atom is 0.327 e. The summed E-state index contributed by atoms with van der Waals surface area (Å²) in [5.74, 6) is -0.148. The molecule has 1 saturated heterocycles. The Morgan fingerprint density at radius 1 is 1.47 bits per heavy atom. The van der Waals surface area contributed by atoms with Gasteiger partial charge in [-0.05, 0) is 19.9 Å². The highest BCUT2D eigenvalue weighted by atomic mass is 32.2. The van der Waals surface area contributed by atoms with Gasteiger partial charge in [0.05, 0.1) is 11.4 Å². The van der Waals surface area contributed by atoms with Gasteiger partial charge in [0.25, 0.3) is 5.91 Å². The molecule has 1 aromatic rings. The van der Waals surface area contributed by atoms with Gasteiger partial charge in [-0.15, -0.1) is 23.1 Å². The number of amides is 1. The first-order valence-electron chi connectivity index (χ1n) is 5.19. The van der Waals surface area contributed by atoms with Gasteiger partial charge >= 0.3 is 5.97 Å². The van der Waals surface area contributed by atoms with Crippen molar-refractivity contribution in [3.8, 4) is 0 Å². The number of carbonyl (C=O) groups excluding carboxylic acids is 1. The number of thiophene rings is 1. The molecule has 0 aromatic carbocycles. The van der Waals surface area contributed by atoms with Crippen LogP contribution in [0.15, 0.2) is 6.07 Å². The zero-order valence-corrected chi connectivity index (χ0v) is 11.2. The van der Waals surface area contributed by atoms with Crippen molar-refractivity contribution in [3.63, 3.8) is 0 Å². The molecule has 1 N–H and O–H groups in total. The number of aliphatic carboxylic acids is 1. The van der Waals surface area contributed by atoms with Crippen molar-refractivity contribution in [1.82, 2.24) is 4.90 Å². The second-order valence-corrected chi connectivity index (χ2v) is 6.42.